The van der Waals surface area contributed by atoms with E-state index in [1.807, 2.05) is 35.1 Å². The van der Waals surface area contributed by atoms with Gasteiger partial charge in [0, 0.05) is 44.6 Å². The first-order valence-corrected chi connectivity index (χ1v) is 13.5. The Balaban J connectivity index is 1.56. The summed E-state index contributed by atoms with van der Waals surface area (Å²) in [5.41, 5.74) is 9.58. The number of rotatable bonds is 3. The summed E-state index contributed by atoms with van der Waals surface area (Å²) in [5.74, 6) is 0. The average Bonchev–Trinajstić information content (AvgIpc) is 3.47. The second-order valence-corrected chi connectivity index (χ2v) is 10.3. The van der Waals surface area contributed by atoms with Gasteiger partial charge in [-0.2, -0.15) is 0 Å². The van der Waals surface area contributed by atoms with Gasteiger partial charge < -0.3 is 0 Å². The number of fused-ring (bicyclic) bond motifs is 3. The van der Waals surface area contributed by atoms with Crippen LogP contribution in [-0.4, -0.2) is 9.92 Å². The van der Waals surface area contributed by atoms with Crippen LogP contribution >= 0.6 is 12.2 Å². The third-order valence-corrected chi connectivity index (χ3v) is 8.36. The lowest BCUT2D eigenvalue weighted by molar-refractivity contribution is -0.568. The lowest BCUT2D eigenvalue weighted by Crippen LogP contribution is -2.63. The first kappa shape index (κ1) is 22.2. The molecule has 1 saturated heterocycles. The van der Waals surface area contributed by atoms with E-state index in [9.17, 15) is 0 Å². The fourth-order valence-corrected chi connectivity index (χ4v) is 6.99. The zero-order valence-electron chi connectivity index (χ0n) is 21.0. The van der Waals surface area contributed by atoms with E-state index in [1.54, 1.807) is 0 Å². The normalized spacial score (nSPS) is 22.4. The van der Waals surface area contributed by atoms with Gasteiger partial charge in [0.25, 0.3) is 17.0 Å². The SMILES string of the molecule is S=C1N(c2ccccc2)[C@@]23N=[N+](c4ccccc4)N[C@@]2(c2ccccc2-c2ccccc23)N1c1ccccc1. The molecule has 1 aliphatic carbocycles. The van der Waals surface area contributed by atoms with Gasteiger partial charge in [0.15, 0.2) is 5.11 Å². The van der Waals surface area contributed by atoms with Crippen molar-refractivity contribution in [3.8, 4) is 11.1 Å². The van der Waals surface area contributed by atoms with Gasteiger partial charge in [-0.15, -0.1) is 5.43 Å². The minimum Gasteiger partial charge on any atom is -0.282 e. The molecule has 0 radical (unpaired) electrons. The van der Waals surface area contributed by atoms with Crippen molar-refractivity contribution in [2.75, 3.05) is 9.80 Å². The molecule has 1 fully saturated rings. The average molecular weight is 523 g/mol. The van der Waals surface area contributed by atoms with Crippen LogP contribution in [0.5, 0.6) is 0 Å². The molecule has 2 heterocycles. The largest absolute Gasteiger partial charge is 0.282 e. The Bertz CT molecular complexity index is 1770. The van der Waals surface area contributed by atoms with Crippen LogP contribution in [0.15, 0.2) is 145 Å². The van der Waals surface area contributed by atoms with E-state index in [1.165, 1.54) is 5.56 Å². The number of hydrogen-bond acceptors (Lipinski definition) is 3. The maximum Gasteiger partial charge on any atom is 0.282 e. The van der Waals surface area contributed by atoms with Crippen LogP contribution in [0.3, 0.4) is 0 Å². The summed E-state index contributed by atoms with van der Waals surface area (Å²) in [6, 6.07) is 48.3. The molecule has 2 aliphatic heterocycles. The van der Waals surface area contributed by atoms with Crippen molar-refractivity contribution in [2.24, 2.45) is 5.11 Å². The molecule has 0 amide bonds. The van der Waals surface area contributed by atoms with E-state index < -0.39 is 11.3 Å². The van der Waals surface area contributed by atoms with E-state index in [-0.39, 0.29) is 0 Å². The molecule has 39 heavy (non-hydrogen) atoms. The number of hydrogen-bond donors (Lipinski definition) is 1. The summed E-state index contributed by atoms with van der Waals surface area (Å²) in [7, 11) is 0. The highest BCUT2D eigenvalue weighted by molar-refractivity contribution is 7.80. The molecular formula is C33H24N5S+. The quantitative estimate of drug-likeness (QED) is 0.199. The third-order valence-electron chi connectivity index (χ3n) is 8.00. The van der Waals surface area contributed by atoms with E-state index in [2.05, 4.69) is 124 Å². The van der Waals surface area contributed by atoms with Crippen LogP contribution in [0.1, 0.15) is 11.1 Å². The molecule has 0 bridgehead atoms. The summed E-state index contributed by atoms with van der Waals surface area (Å²) in [4.78, 5) is 6.43. The van der Waals surface area contributed by atoms with Gasteiger partial charge in [-0.3, -0.25) is 9.80 Å². The van der Waals surface area contributed by atoms with E-state index in [0.29, 0.717) is 5.11 Å². The minimum absolute atomic E-state index is 0.683. The fraction of sp³-hybridized carbons (Fsp3) is 0.0606. The topological polar surface area (TPSA) is 33.9 Å². The molecule has 8 rings (SSSR count). The van der Waals surface area contributed by atoms with Crippen LogP contribution < -0.4 is 15.2 Å². The van der Waals surface area contributed by atoms with Crippen LogP contribution in [0, 0.1) is 0 Å². The van der Waals surface area contributed by atoms with E-state index >= 15 is 0 Å². The van der Waals surface area contributed by atoms with Crippen LogP contribution in [0.25, 0.3) is 11.1 Å². The number of hydrazine groups is 1. The second kappa shape index (κ2) is 8.09. The number of thiocarbonyl (C=S) groups is 1. The van der Waals surface area contributed by atoms with Crippen molar-refractivity contribution >= 4 is 34.4 Å². The molecule has 2 atom stereocenters. The fourth-order valence-electron chi connectivity index (χ4n) is 6.51. The van der Waals surface area contributed by atoms with Crippen molar-refractivity contribution in [2.45, 2.75) is 11.3 Å². The number of azo groups is 1. The molecule has 0 spiro atoms. The summed E-state index contributed by atoms with van der Waals surface area (Å²) < 4.78 is 0. The molecule has 186 valence electrons. The second-order valence-electron chi connectivity index (χ2n) is 9.96. The summed E-state index contributed by atoms with van der Waals surface area (Å²) >= 11 is 6.43. The predicted molar refractivity (Wildman–Crippen MR) is 158 cm³/mol. The summed E-state index contributed by atoms with van der Waals surface area (Å²) in [6.07, 6.45) is 0. The van der Waals surface area contributed by atoms with Gasteiger partial charge in [-0.25, -0.2) is 0 Å². The standard InChI is InChI=1S/C33H24N5S/c39-31-36(24-14-4-1-5-15-24)32-29-22-12-10-20-27(29)28-21-11-13-23-30(28)33(32,37(31)25-16-6-2-7-17-25)35-38(34-32)26-18-8-3-9-19-26/h1-23H,(H,34,35)/q+1/t32-,33+. The maximum absolute atomic E-state index is 6.43. The molecule has 3 aliphatic rings. The first-order chi connectivity index (χ1) is 19.3. The maximum atomic E-state index is 6.43. The number of para-hydroxylation sites is 3. The van der Waals surface area contributed by atoms with Gasteiger partial charge in [0.05, 0.1) is 0 Å². The Kier molecular flexibility index (Phi) is 4.61. The Morgan fingerprint density at radius 1 is 0.564 bits per heavy atom. The van der Waals surface area contributed by atoms with Crippen LogP contribution in [-0.2, 0) is 11.3 Å². The van der Waals surface area contributed by atoms with Crippen molar-refractivity contribution in [1.82, 2.24) is 5.43 Å². The number of anilines is 2. The zero-order chi connectivity index (χ0) is 26.0. The lowest BCUT2D eigenvalue weighted by atomic mass is 9.71. The van der Waals surface area contributed by atoms with Gasteiger partial charge >= 0.3 is 0 Å². The van der Waals surface area contributed by atoms with Crippen molar-refractivity contribution < 1.29 is 4.81 Å². The van der Waals surface area contributed by atoms with Gasteiger partial charge in [-0.05, 0) is 47.6 Å². The van der Waals surface area contributed by atoms with Gasteiger partial charge in [0.1, 0.15) is 0 Å². The van der Waals surface area contributed by atoms with Gasteiger partial charge in [-0.1, -0.05) is 103 Å². The Hall–Kier alpha value is -4.81. The van der Waals surface area contributed by atoms with Crippen LogP contribution in [0.4, 0.5) is 17.1 Å². The molecular weight excluding hydrogens is 498 g/mol. The van der Waals surface area contributed by atoms with Crippen molar-refractivity contribution in [3.05, 3.63) is 151 Å². The Labute approximate surface area is 232 Å². The van der Waals surface area contributed by atoms with Crippen molar-refractivity contribution in [1.29, 1.82) is 0 Å². The lowest BCUT2D eigenvalue weighted by Gasteiger charge is -2.44. The molecule has 5 aromatic carbocycles. The number of benzene rings is 5. The molecule has 0 unspecified atom stereocenters. The molecule has 0 saturated carbocycles. The highest BCUT2D eigenvalue weighted by atomic mass is 32.1. The highest BCUT2D eigenvalue weighted by Gasteiger charge is 2.79. The minimum atomic E-state index is -0.942. The molecule has 5 nitrogen and oxygen atoms in total. The Morgan fingerprint density at radius 2 is 1.05 bits per heavy atom. The monoisotopic (exact) mass is 522 g/mol. The first-order valence-electron chi connectivity index (χ1n) is 13.1. The highest BCUT2D eigenvalue weighted by Crippen LogP contribution is 2.64. The van der Waals surface area contributed by atoms with Gasteiger partial charge in [0.2, 0.25) is 0 Å². The molecule has 1 N–H and O–H groups in total. The van der Waals surface area contributed by atoms with E-state index in [0.717, 1.165) is 33.8 Å². The van der Waals surface area contributed by atoms with Crippen molar-refractivity contribution in [3.63, 3.8) is 0 Å². The number of nitrogens with one attached hydrogen (secondary N) is 1. The van der Waals surface area contributed by atoms with E-state index in [4.69, 9.17) is 17.3 Å². The molecule has 0 aromatic heterocycles. The summed E-state index contributed by atoms with van der Waals surface area (Å²) in [5, 5.41) is 6.29. The third kappa shape index (κ3) is 2.76. The zero-order valence-corrected chi connectivity index (χ0v) is 21.8. The smallest absolute Gasteiger partial charge is 0.282 e. The summed E-state index contributed by atoms with van der Waals surface area (Å²) in [6.45, 7) is 0. The Morgan fingerprint density at radius 3 is 1.69 bits per heavy atom. The van der Waals surface area contributed by atoms with Crippen LogP contribution in [0.2, 0.25) is 0 Å². The molecule has 5 aromatic rings. The number of nitrogens with zero attached hydrogens (tertiary/aromatic N) is 4. The molecule has 6 heteroatoms. The predicted octanol–water partition coefficient (Wildman–Crippen LogP) is 7.30.